The Labute approximate surface area is 116 Å². The Bertz CT molecular complexity index is 530. The third-order valence-electron chi connectivity index (χ3n) is 2.99. The molecule has 2 atom stereocenters. The third-order valence-corrected chi connectivity index (χ3v) is 3.95. The Morgan fingerprint density at radius 2 is 2.11 bits per heavy atom. The summed E-state index contributed by atoms with van der Waals surface area (Å²) in [4.78, 5) is 4.26. The summed E-state index contributed by atoms with van der Waals surface area (Å²) in [5, 5.41) is 6.26. The molecule has 3 nitrogen and oxygen atoms in total. The first-order chi connectivity index (χ1) is 9.13. The van der Waals surface area contributed by atoms with Crippen LogP contribution in [0.25, 0.3) is 0 Å². The van der Waals surface area contributed by atoms with Crippen molar-refractivity contribution in [2.75, 3.05) is 7.11 Å². The van der Waals surface area contributed by atoms with E-state index in [1.165, 1.54) is 6.07 Å². The van der Waals surface area contributed by atoms with Crippen LogP contribution < -0.4 is 10.1 Å². The summed E-state index contributed by atoms with van der Waals surface area (Å²) in [5.41, 5.74) is 0.549. The van der Waals surface area contributed by atoms with Crippen LogP contribution in [0.1, 0.15) is 36.5 Å². The van der Waals surface area contributed by atoms with Gasteiger partial charge in [0.25, 0.3) is 0 Å². The maximum Gasteiger partial charge on any atom is 0.131 e. The Kier molecular flexibility index (Phi) is 4.50. The molecule has 19 heavy (non-hydrogen) atoms. The van der Waals surface area contributed by atoms with Gasteiger partial charge in [-0.25, -0.2) is 9.37 Å². The molecule has 0 aliphatic rings. The van der Waals surface area contributed by atoms with Crippen LogP contribution in [-0.2, 0) is 0 Å². The molecule has 2 unspecified atom stereocenters. The molecule has 2 rings (SSSR count). The largest absolute Gasteiger partial charge is 0.496 e. The SMILES string of the molecule is COc1cccc(F)c1C(C)NC(C)c1nccs1. The van der Waals surface area contributed by atoms with Crippen LogP contribution in [0.15, 0.2) is 29.8 Å². The van der Waals surface area contributed by atoms with Crippen molar-refractivity contribution in [1.82, 2.24) is 10.3 Å². The lowest BCUT2D eigenvalue weighted by Crippen LogP contribution is -2.23. The number of halogens is 1. The van der Waals surface area contributed by atoms with Crippen molar-refractivity contribution in [2.24, 2.45) is 0 Å². The molecule has 5 heteroatoms. The van der Waals surface area contributed by atoms with E-state index in [4.69, 9.17) is 4.74 Å². The molecule has 0 aliphatic carbocycles. The van der Waals surface area contributed by atoms with E-state index < -0.39 is 0 Å². The van der Waals surface area contributed by atoms with Crippen LogP contribution in [0.5, 0.6) is 5.75 Å². The van der Waals surface area contributed by atoms with Crippen molar-refractivity contribution in [1.29, 1.82) is 0 Å². The molecule has 1 heterocycles. The number of thiazole rings is 1. The second-order valence-electron chi connectivity index (χ2n) is 4.34. The fourth-order valence-electron chi connectivity index (χ4n) is 2.09. The van der Waals surface area contributed by atoms with E-state index in [-0.39, 0.29) is 17.9 Å². The van der Waals surface area contributed by atoms with Crippen LogP contribution in [-0.4, -0.2) is 12.1 Å². The van der Waals surface area contributed by atoms with Crippen molar-refractivity contribution >= 4 is 11.3 Å². The molecule has 1 aromatic heterocycles. The molecular weight excluding hydrogens is 263 g/mol. The van der Waals surface area contributed by atoms with E-state index in [1.54, 1.807) is 36.8 Å². The first-order valence-electron chi connectivity index (χ1n) is 6.11. The molecule has 2 aromatic rings. The summed E-state index contributed by atoms with van der Waals surface area (Å²) in [7, 11) is 1.55. The molecule has 1 N–H and O–H groups in total. The molecule has 0 amide bonds. The number of nitrogens with one attached hydrogen (secondary N) is 1. The molecule has 102 valence electrons. The number of aromatic nitrogens is 1. The molecule has 0 aliphatic heterocycles. The van der Waals surface area contributed by atoms with E-state index in [0.29, 0.717) is 11.3 Å². The van der Waals surface area contributed by atoms with Crippen molar-refractivity contribution in [3.05, 3.63) is 46.2 Å². The average Bonchev–Trinajstić information content (AvgIpc) is 2.92. The number of ether oxygens (including phenoxy) is 1. The molecule has 1 aromatic carbocycles. The fraction of sp³-hybridized carbons (Fsp3) is 0.357. The van der Waals surface area contributed by atoms with E-state index in [2.05, 4.69) is 10.3 Å². The smallest absolute Gasteiger partial charge is 0.131 e. The summed E-state index contributed by atoms with van der Waals surface area (Å²) in [6, 6.07) is 4.78. The van der Waals surface area contributed by atoms with Crippen LogP contribution in [0.3, 0.4) is 0 Å². The summed E-state index contributed by atoms with van der Waals surface area (Å²) in [6.45, 7) is 3.94. The summed E-state index contributed by atoms with van der Waals surface area (Å²) in [5.74, 6) is 0.303. The molecule has 0 saturated heterocycles. The third kappa shape index (κ3) is 3.11. The summed E-state index contributed by atoms with van der Waals surface area (Å²) in [6.07, 6.45) is 1.77. The van der Waals surface area contributed by atoms with E-state index in [9.17, 15) is 4.39 Å². The van der Waals surface area contributed by atoms with Crippen LogP contribution in [0, 0.1) is 5.82 Å². The minimum atomic E-state index is -0.259. The zero-order chi connectivity index (χ0) is 13.8. The highest BCUT2D eigenvalue weighted by Gasteiger charge is 2.19. The van der Waals surface area contributed by atoms with Crippen molar-refractivity contribution < 1.29 is 9.13 Å². The Balaban J connectivity index is 2.18. The molecular formula is C14H17FN2OS. The van der Waals surface area contributed by atoms with E-state index in [1.807, 2.05) is 19.2 Å². The van der Waals surface area contributed by atoms with Crippen LogP contribution in [0.2, 0.25) is 0 Å². The summed E-state index contributed by atoms with van der Waals surface area (Å²) >= 11 is 1.58. The van der Waals surface area contributed by atoms with Gasteiger partial charge in [0.1, 0.15) is 16.6 Å². The van der Waals surface area contributed by atoms with Gasteiger partial charge in [0.05, 0.1) is 13.2 Å². The van der Waals surface area contributed by atoms with E-state index in [0.717, 1.165) is 5.01 Å². The quantitative estimate of drug-likeness (QED) is 0.906. The van der Waals surface area contributed by atoms with Gasteiger partial charge in [0.15, 0.2) is 0 Å². The number of benzene rings is 1. The van der Waals surface area contributed by atoms with Crippen molar-refractivity contribution in [3.63, 3.8) is 0 Å². The van der Waals surface area contributed by atoms with Crippen molar-refractivity contribution in [2.45, 2.75) is 25.9 Å². The second-order valence-corrected chi connectivity index (χ2v) is 5.26. The normalized spacial score (nSPS) is 14.1. The van der Waals surface area contributed by atoms with Gasteiger partial charge in [0, 0.05) is 23.2 Å². The Morgan fingerprint density at radius 3 is 2.74 bits per heavy atom. The number of methoxy groups -OCH3 is 1. The standard InChI is InChI=1S/C14H17FN2OS/c1-9(17-10(2)14-16-7-8-19-14)13-11(15)5-4-6-12(13)18-3/h4-10,17H,1-3H3. The Hall–Kier alpha value is -1.46. The lowest BCUT2D eigenvalue weighted by Gasteiger charge is -2.21. The van der Waals surface area contributed by atoms with Gasteiger partial charge in [-0.05, 0) is 26.0 Å². The molecule has 0 bridgehead atoms. The highest BCUT2D eigenvalue weighted by molar-refractivity contribution is 7.09. The predicted octanol–water partition coefficient (Wildman–Crippen LogP) is 3.70. The highest BCUT2D eigenvalue weighted by atomic mass is 32.1. The van der Waals surface area contributed by atoms with Gasteiger partial charge in [-0.1, -0.05) is 6.07 Å². The lowest BCUT2D eigenvalue weighted by molar-refractivity contribution is 0.387. The topological polar surface area (TPSA) is 34.1 Å². The highest BCUT2D eigenvalue weighted by Crippen LogP contribution is 2.29. The maximum atomic E-state index is 13.9. The van der Waals surface area contributed by atoms with Gasteiger partial charge >= 0.3 is 0 Å². The first-order valence-corrected chi connectivity index (χ1v) is 6.99. The predicted molar refractivity (Wildman–Crippen MR) is 75.0 cm³/mol. The van der Waals surface area contributed by atoms with Gasteiger partial charge < -0.3 is 10.1 Å². The Morgan fingerprint density at radius 1 is 1.32 bits per heavy atom. The fourth-order valence-corrected chi connectivity index (χ4v) is 2.75. The second kappa shape index (κ2) is 6.12. The number of nitrogens with zero attached hydrogens (tertiary/aromatic N) is 1. The minimum absolute atomic E-state index is 0.0688. The lowest BCUT2D eigenvalue weighted by atomic mass is 10.1. The zero-order valence-corrected chi connectivity index (χ0v) is 12.0. The maximum absolute atomic E-state index is 13.9. The van der Waals surface area contributed by atoms with Gasteiger partial charge in [-0.2, -0.15) is 0 Å². The molecule has 0 saturated carbocycles. The number of rotatable bonds is 5. The monoisotopic (exact) mass is 280 g/mol. The molecule has 0 spiro atoms. The van der Waals surface area contributed by atoms with Crippen LogP contribution in [0.4, 0.5) is 4.39 Å². The average molecular weight is 280 g/mol. The number of hydrogen-bond donors (Lipinski definition) is 1. The zero-order valence-electron chi connectivity index (χ0n) is 11.2. The van der Waals surface area contributed by atoms with Crippen LogP contribution >= 0.6 is 11.3 Å². The molecule has 0 fully saturated rings. The van der Waals surface area contributed by atoms with E-state index >= 15 is 0 Å². The number of hydrogen-bond acceptors (Lipinski definition) is 4. The summed E-state index contributed by atoms with van der Waals surface area (Å²) < 4.78 is 19.2. The minimum Gasteiger partial charge on any atom is -0.496 e. The van der Waals surface area contributed by atoms with Crippen molar-refractivity contribution in [3.8, 4) is 5.75 Å². The first kappa shape index (κ1) is 14.0. The van der Waals surface area contributed by atoms with Gasteiger partial charge in [0.2, 0.25) is 0 Å². The van der Waals surface area contributed by atoms with Gasteiger partial charge in [-0.3, -0.25) is 0 Å². The molecule has 0 radical (unpaired) electrons. The van der Waals surface area contributed by atoms with Gasteiger partial charge in [-0.15, -0.1) is 11.3 Å².